The molecular formula is C14H18FN5O5S. The van der Waals surface area contributed by atoms with Crippen LogP contribution in [0, 0.1) is 0 Å². The summed E-state index contributed by atoms with van der Waals surface area (Å²) < 4.78 is 17.7. The predicted octanol–water partition coefficient (Wildman–Crippen LogP) is 0.219. The third kappa shape index (κ3) is 7.36. The van der Waals surface area contributed by atoms with Gasteiger partial charge in [-0.05, 0) is 6.07 Å². The number of carboxylic acids is 2. The maximum absolute atomic E-state index is 12.4. The fourth-order valence-electron chi connectivity index (χ4n) is 2.01. The molecule has 142 valence electrons. The first-order chi connectivity index (χ1) is 12.4. The highest BCUT2D eigenvalue weighted by Gasteiger charge is 2.17. The molecule has 1 aromatic carbocycles. The molecule has 0 aliphatic heterocycles. The smallest absolute Gasteiger partial charge is 0.317 e. The first-order valence-corrected chi connectivity index (χ1v) is 7.98. The van der Waals surface area contributed by atoms with Crippen LogP contribution in [-0.2, 0) is 16.1 Å². The summed E-state index contributed by atoms with van der Waals surface area (Å²) in [4.78, 5) is 23.0. The molecule has 0 spiro atoms. The van der Waals surface area contributed by atoms with Crippen LogP contribution < -0.4 is 16.2 Å². The summed E-state index contributed by atoms with van der Waals surface area (Å²) in [5, 5.41) is 24.9. The van der Waals surface area contributed by atoms with Gasteiger partial charge in [0.2, 0.25) is 0 Å². The van der Waals surface area contributed by atoms with Crippen LogP contribution in [0.5, 0.6) is 5.75 Å². The maximum Gasteiger partial charge on any atom is 0.317 e. The zero-order valence-electron chi connectivity index (χ0n) is 13.5. The summed E-state index contributed by atoms with van der Waals surface area (Å²) in [5.74, 6) is -2.43. The van der Waals surface area contributed by atoms with Crippen molar-refractivity contribution < 1.29 is 28.4 Å². The van der Waals surface area contributed by atoms with Crippen molar-refractivity contribution in [3.63, 3.8) is 0 Å². The Morgan fingerprint density at radius 2 is 1.96 bits per heavy atom. The number of hydrogen-bond donors (Lipinski definition) is 4. The molecule has 0 amide bonds. The highest BCUT2D eigenvalue weighted by Crippen LogP contribution is 2.24. The maximum atomic E-state index is 12.4. The highest BCUT2D eigenvalue weighted by molar-refractivity contribution is 7.94. The summed E-state index contributed by atoms with van der Waals surface area (Å²) >= 11 is -0.0521. The topological polar surface area (TPSA) is 164 Å². The fourth-order valence-corrected chi connectivity index (χ4v) is 2.18. The number of carbonyl (C=O) groups is 2. The lowest BCUT2D eigenvalue weighted by Crippen LogP contribution is -2.34. The molecule has 0 aliphatic carbocycles. The molecule has 0 atom stereocenters. The number of nitrogens with zero attached hydrogens (tertiary/aromatic N) is 3. The van der Waals surface area contributed by atoms with E-state index in [2.05, 4.69) is 10.2 Å². The molecule has 0 radical (unpaired) electrons. The van der Waals surface area contributed by atoms with E-state index >= 15 is 0 Å². The van der Waals surface area contributed by atoms with Gasteiger partial charge in [-0.15, -0.1) is 10.2 Å². The number of amidine groups is 1. The normalized spacial score (nSPS) is 11.8. The van der Waals surface area contributed by atoms with Gasteiger partial charge in [-0.1, -0.05) is 12.1 Å². The minimum atomic E-state index is -1.18. The number of rotatable bonds is 11. The summed E-state index contributed by atoms with van der Waals surface area (Å²) in [5.41, 5.74) is 11.7. The van der Waals surface area contributed by atoms with Gasteiger partial charge >= 0.3 is 11.9 Å². The zero-order valence-corrected chi connectivity index (χ0v) is 14.4. The molecule has 0 fully saturated rings. The standard InChI is InChI=1S/C14H18FN5O5S/c15-26-8-25-11-3-9(14(17)19-18-7-16)1-2-10(11)4-20(5-12(21)22)6-13(23)24/h1-3,7H,4-6,8H2,(H2,16,18)(H2,17,19)(H,21,22)(H,23,24). The number of hydrogen-bond acceptors (Lipinski definition) is 7. The molecule has 0 heterocycles. The van der Waals surface area contributed by atoms with Gasteiger partial charge in [0.1, 0.15) is 12.1 Å². The van der Waals surface area contributed by atoms with Crippen molar-refractivity contribution in [1.82, 2.24) is 4.90 Å². The molecule has 0 unspecified atom stereocenters. The molecule has 12 heteroatoms. The van der Waals surface area contributed by atoms with Gasteiger partial charge < -0.3 is 26.4 Å². The van der Waals surface area contributed by atoms with Gasteiger partial charge in [0.05, 0.1) is 25.2 Å². The Morgan fingerprint density at radius 3 is 2.50 bits per heavy atom. The lowest BCUT2D eigenvalue weighted by Gasteiger charge is -2.20. The van der Waals surface area contributed by atoms with Crippen LogP contribution in [0.1, 0.15) is 11.1 Å². The molecule has 0 aromatic heterocycles. The molecule has 0 saturated carbocycles. The molecule has 0 aliphatic rings. The second-order valence-electron chi connectivity index (χ2n) is 4.88. The Kier molecular flexibility index (Phi) is 8.87. The number of nitrogens with two attached hydrogens (primary N) is 2. The molecule has 1 aromatic rings. The van der Waals surface area contributed by atoms with E-state index in [1.54, 1.807) is 12.1 Å². The Hall–Kier alpha value is -2.86. The van der Waals surface area contributed by atoms with Gasteiger partial charge in [-0.25, -0.2) is 0 Å². The van der Waals surface area contributed by atoms with E-state index in [1.165, 1.54) is 11.0 Å². The van der Waals surface area contributed by atoms with Crippen LogP contribution >= 0.6 is 12.1 Å². The Balaban J connectivity index is 3.14. The summed E-state index contributed by atoms with van der Waals surface area (Å²) in [7, 11) is 0. The monoisotopic (exact) mass is 387 g/mol. The van der Waals surface area contributed by atoms with E-state index in [0.717, 1.165) is 6.34 Å². The van der Waals surface area contributed by atoms with Crippen LogP contribution in [0.2, 0.25) is 0 Å². The molecule has 1 rings (SSSR count). The molecule has 6 N–H and O–H groups in total. The second-order valence-corrected chi connectivity index (χ2v) is 5.33. The van der Waals surface area contributed by atoms with Crippen LogP contribution in [-0.4, -0.2) is 58.3 Å². The lowest BCUT2D eigenvalue weighted by molar-refractivity contribution is -0.142. The van der Waals surface area contributed by atoms with E-state index in [-0.39, 0.29) is 36.2 Å². The predicted molar refractivity (Wildman–Crippen MR) is 94.6 cm³/mol. The average Bonchev–Trinajstić information content (AvgIpc) is 2.57. The van der Waals surface area contributed by atoms with Crippen LogP contribution in [0.4, 0.5) is 3.89 Å². The lowest BCUT2D eigenvalue weighted by atomic mass is 10.1. The van der Waals surface area contributed by atoms with E-state index in [1.807, 2.05) is 0 Å². The van der Waals surface area contributed by atoms with Crippen LogP contribution in [0.25, 0.3) is 0 Å². The summed E-state index contributed by atoms with van der Waals surface area (Å²) in [6.45, 7) is -1.01. The van der Waals surface area contributed by atoms with Gasteiger partial charge in [-0.3, -0.25) is 14.5 Å². The fraction of sp³-hybridized carbons (Fsp3) is 0.286. The molecular weight excluding hydrogens is 369 g/mol. The van der Waals surface area contributed by atoms with E-state index in [4.69, 9.17) is 26.4 Å². The van der Waals surface area contributed by atoms with Crippen molar-refractivity contribution in [2.75, 3.05) is 19.0 Å². The number of aliphatic carboxylic acids is 2. The van der Waals surface area contributed by atoms with E-state index in [9.17, 15) is 13.5 Å². The Bertz CT molecular complexity index is 684. The van der Waals surface area contributed by atoms with Crippen molar-refractivity contribution in [2.45, 2.75) is 6.54 Å². The average molecular weight is 387 g/mol. The van der Waals surface area contributed by atoms with Crippen molar-refractivity contribution >= 4 is 36.3 Å². The third-order valence-corrected chi connectivity index (χ3v) is 3.17. The highest BCUT2D eigenvalue weighted by atomic mass is 32.2. The van der Waals surface area contributed by atoms with Crippen molar-refractivity contribution in [2.24, 2.45) is 21.7 Å². The second kappa shape index (κ2) is 10.9. The quantitative estimate of drug-likeness (QED) is 0.180. The van der Waals surface area contributed by atoms with Crippen molar-refractivity contribution in [1.29, 1.82) is 0 Å². The minimum Gasteiger partial charge on any atom is -0.480 e. The van der Waals surface area contributed by atoms with Gasteiger partial charge in [-0.2, -0.15) is 3.89 Å². The molecule has 26 heavy (non-hydrogen) atoms. The van der Waals surface area contributed by atoms with Crippen LogP contribution in [0.15, 0.2) is 28.4 Å². The first kappa shape index (κ1) is 21.2. The minimum absolute atomic E-state index is 0.0314. The number of halogens is 1. The zero-order chi connectivity index (χ0) is 19.5. The summed E-state index contributed by atoms with van der Waals surface area (Å²) in [6.07, 6.45) is 0.952. The number of carboxylic acid groups (broad SMARTS) is 2. The third-order valence-electron chi connectivity index (χ3n) is 2.97. The van der Waals surface area contributed by atoms with Gasteiger partial charge in [0.25, 0.3) is 0 Å². The van der Waals surface area contributed by atoms with Crippen LogP contribution in [0.3, 0.4) is 0 Å². The van der Waals surface area contributed by atoms with Crippen molar-refractivity contribution in [3.05, 3.63) is 29.3 Å². The van der Waals surface area contributed by atoms with E-state index < -0.39 is 25.0 Å². The SMILES string of the molecule is N/C=N\N=C(/N)c1ccc(CN(CC(=O)O)CC(=O)O)c(OCSF)c1. The summed E-state index contributed by atoms with van der Waals surface area (Å²) in [6, 6.07) is 4.59. The Labute approximate surface area is 152 Å². The van der Waals surface area contributed by atoms with Crippen molar-refractivity contribution in [3.8, 4) is 5.75 Å². The number of ether oxygens (including phenoxy) is 1. The number of benzene rings is 1. The first-order valence-electron chi connectivity index (χ1n) is 7.09. The van der Waals surface area contributed by atoms with Gasteiger partial charge in [0.15, 0.2) is 11.8 Å². The molecule has 0 saturated heterocycles. The molecule has 0 bridgehead atoms. The Morgan fingerprint density at radius 1 is 1.31 bits per heavy atom. The van der Waals surface area contributed by atoms with E-state index in [0.29, 0.717) is 11.1 Å². The van der Waals surface area contributed by atoms with Gasteiger partial charge in [0, 0.05) is 17.7 Å². The molecule has 10 nitrogen and oxygen atoms in total. The largest absolute Gasteiger partial charge is 0.480 e.